The number of carboxylic acids is 2. The van der Waals surface area contributed by atoms with Gasteiger partial charge in [-0.05, 0) is 37.4 Å². The molecule has 1 atom stereocenters. The number of hydrogen-bond donors (Lipinski definition) is 5. The fourth-order valence-corrected chi connectivity index (χ4v) is 2.03. The Morgan fingerprint density at radius 3 is 2.57 bits per heavy atom. The highest BCUT2D eigenvalue weighted by atomic mass is 16.5. The van der Waals surface area contributed by atoms with Crippen molar-refractivity contribution in [2.75, 3.05) is 19.7 Å². The van der Waals surface area contributed by atoms with Crippen LogP contribution in [-0.4, -0.2) is 58.2 Å². The average molecular weight is 327 g/mol. The van der Waals surface area contributed by atoms with Crippen LogP contribution in [0.25, 0.3) is 0 Å². The van der Waals surface area contributed by atoms with Gasteiger partial charge in [-0.1, -0.05) is 6.07 Å². The van der Waals surface area contributed by atoms with E-state index in [0.717, 1.165) is 43.7 Å². The number of fused-ring (bicyclic) bond motifs is 1. The maximum absolute atomic E-state index is 9.40. The molecule has 2 rings (SSSR count). The number of aliphatic carboxylic acids is 2. The molecule has 0 aliphatic carbocycles. The molecule has 1 heterocycles. The topological polar surface area (TPSA) is 136 Å². The molecule has 1 aromatic rings. The minimum absolute atomic E-state index is 0.156. The molecular weight excluding hydrogens is 306 g/mol. The molecule has 8 nitrogen and oxygen atoms in total. The monoisotopic (exact) mass is 327 g/mol. The van der Waals surface area contributed by atoms with Gasteiger partial charge in [-0.3, -0.25) is 0 Å². The molecule has 0 bridgehead atoms. The number of carboxylic acid groups (broad SMARTS) is 2. The van der Waals surface area contributed by atoms with Crippen LogP contribution >= 0.6 is 0 Å². The first kappa shape index (κ1) is 18.7. The molecule has 8 heteroatoms. The van der Waals surface area contributed by atoms with Gasteiger partial charge in [0.15, 0.2) is 0 Å². The summed E-state index contributed by atoms with van der Waals surface area (Å²) in [6.07, 6.45) is 2.90. The first-order valence-electron chi connectivity index (χ1n) is 7.20. The summed E-state index contributed by atoms with van der Waals surface area (Å²) in [5.41, 5.74) is 1.16. The molecule has 1 aliphatic heterocycles. The number of aliphatic hydroxyl groups excluding tert-OH is 1. The number of phenolic OH excluding ortho intramolecular Hbond substituents is 1. The molecule has 1 aliphatic rings. The van der Waals surface area contributed by atoms with E-state index in [4.69, 9.17) is 29.6 Å². The summed E-state index contributed by atoms with van der Waals surface area (Å²) in [5, 5.41) is 36.1. The van der Waals surface area contributed by atoms with Crippen molar-refractivity contribution in [3.63, 3.8) is 0 Å². The highest BCUT2D eigenvalue weighted by Gasteiger charge is 2.19. The van der Waals surface area contributed by atoms with E-state index in [9.17, 15) is 5.11 Å². The number of rotatable bonds is 5. The molecule has 23 heavy (non-hydrogen) atoms. The van der Waals surface area contributed by atoms with Gasteiger partial charge in [0.2, 0.25) is 0 Å². The molecule has 0 fully saturated rings. The molecule has 128 valence electrons. The Kier molecular flexibility index (Phi) is 7.86. The number of phenols is 1. The quantitative estimate of drug-likeness (QED) is 0.382. The fraction of sp³-hybridized carbons (Fsp3) is 0.467. The van der Waals surface area contributed by atoms with Crippen LogP contribution in [0, 0.1) is 0 Å². The summed E-state index contributed by atoms with van der Waals surface area (Å²) in [4.78, 5) is 18.2. The third-order valence-electron chi connectivity index (χ3n) is 3.15. The van der Waals surface area contributed by atoms with Crippen LogP contribution in [-0.2, 0) is 16.0 Å². The summed E-state index contributed by atoms with van der Waals surface area (Å²) in [6.45, 7) is 1.81. The van der Waals surface area contributed by atoms with E-state index in [-0.39, 0.29) is 18.5 Å². The number of benzene rings is 1. The summed E-state index contributed by atoms with van der Waals surface area (Å²) in [5.74, 6) is -2.60. The Hall–Kier alpha value is -2.32. The van der Waals surface area contributed by atoms with Gasteiger partial charge in [-0.2, -0.15) is 0 Å². The molecule has 0 saturated heterocycles. The minimum Gasteiger partial charge on any atom is -0.508 e. The predicted octanol–water partition coefficient (Wildman–Crippen LogP) is 0.213. The van der Waals surface area contributed by atoms with Crippen molar-refractivity contribution < 1.29 is 34.8 Å². The second kappa shape index (κ2) is 9.65. The van der Waals surface area contributed by atoms with Crippen molar-refractivity contribution in [1.29, 1.82) is 0 Å². The smallest absolute Gasteiger partial charge is 0.414 e. The number of aliphatic hydroxyl groups is 1. The van der Waals surface area contributed by atoms with Crippen molar-refractivity contribution in [1.82, 2.24) is 5.32 Å². The Bertz CT molecular complexity index is 521. The van der Waals surface area contributed by atoms with Crippen LogP contribution in [0.15, 0.2) is 18.2 Å². The van der Waals surface area contributed by atoms with Gasteiger partial charge in [0.05, 0.1) is 0 Å². The van der Waals surface area contributed by atoms with Gasteiger partial charge >= 0.3 is 11.9 Å². The molecule has 0 amide bonds. The second-order valence-electron chi connectivity index (χ2n) is 4.96. The van der Waals surface area contributed by atoms with E-state index in [1.165, 1.54) is 0 Å². The van der Waals surface area contributed by atoms with Crippen molar-refractivity contribution >= 4 is 11.9 Å². The maximum Gasteiger partial charge on any atom is 0.414 e. The van der Waals surface area contributed by atoms with Crippen LogP contribution in [0.3, 0.4) is 0 Å². The number of nitrogens with one attached hydrogen (secondary N) is 1. The van der Waals surface area contributed by atoms with Crippen molar-refractivity contribution in [2.24, 2.45) is 0 Å². The molecule has 1 aromatic carbocycles. The Morgan fingerprint density at radius 1 is 1.26 bits per heavy atom. The zero-order valence-electron chi connectivity index (χ0n) is 12.6. The first-order chi connectivity index (χ1) is 10.9. The van der Waals surface area contributed by atoms with Crippen molar-refractivity contribution in [3.8, 4) is 11.5 Å². The summed E-state index contributed by atoms with van der Waals surface area (Å²) < 4.78 is 5.81. The van der Waals surface area contributed by atoms with Crippen LogP contribution in [0.1, 0.15) is 18.4 Å². The fourth-order valence-electron chi connectivity index (χ4n) is 2.03. The van der Waals surface area contributed by atoms with Gasteiger partial charge in [-0.15, -0.1) is 0 Å². The minimum atomic E-state index is -1.82. The zero-order chi connectivity index (χ0) is 17.2. The summed E-state index contributed by atoms with van der Waals surface area (Å²) >= 11 is 0. The third kappa shape index (κ3) is 6.98. The van der Waals surface area contributed by atoms with E-state index < -0.39 is 11.9 Å². The summed E-state index contributed by atoms with van der Waals surface area (Å²) in [7, 11) is 0. The highest BCUT2D eigenvalue weighted by molar-refractivity contribution is 6.27. The Morgan fingerprint density at radius 2 is 1.96 bits per heavy atom. The van der Waals surface area contributed by atoms with Gasteiger partial charge in [-0.25, -0.2) is 9.59 Å². The number of hydrogen-bond acceptors (Lipinski definition) is 6. The first-order valence-corrected chi connectivity index (χ1v) is 7.20. The largest absolute Gasteiger partial charge is 0.508 e. The number of aryl methyl sites for hydroxylation is 1. The molecule has 0 saturated carbocycles. The van der Waals surface area contributed by atoms with Gasteiger partial charge in [0.1, 0.15) is 17.6 Å². The average Bonchev–Trinajstić information content (AvgIpc) is 2.51. The van der Waals surface area contributed by atoms with E-state index >= 15 is 0 Å². The molecule has 0 radical (unpaired) electrons. The molecule has 0 aromatic heterocycles. The SMILES string of the molecule is O=C(O)C(=O)O.OCCCNCC1CCc2ccc(O)cc2O1. The Labute approximate surface area is 133 Å². The molecule has 0 spiro atoms. The lowest BCUT2D eigenvalue weighted by Gasteiger charge is -2.26. The summed E-state index contributed by atoms with van der Waals surface area (Å²) in [6, 6.07) is 5.29. The van der Waals surface area contributed by atoms with Gasteiger partial charge < -0.3 is 30.5 Å². The van der Waals surface area contributed by atoms with Crippen molar-refractivity contribution in [3.05, 3.63) is 23.8 Å². The number of ether oxygens (including phenoxy) is 1. The highest BCUT2D eigenvalue weighted by Crippen LogP contribution is 2.30. The molecule has 5 N–H and O–H groups in total. The van der Waals surface area contributed by atoms with E-state index in [1.54, 1.807) is 12.1 Å². The molecule has 1 unspecified atom stereocenters. The van der Waals surface area contributed by atoms with E-state index in [1.807, 2.05) is 6.07 Å². The normalized spacial score (nSPS) is 15.6. The van der Waals surface area contributed by atoms with E-state index in [2.05, 4.69) is 5.32 Å². The van der Waals surface area contributed by atoms with Crippen LogP contribution < -0.4 is 10.1 Å². The van der Waals surface area contributed by atoms with Gasteiger partial charge in [0, 0.05) is 19.2 Å². The van der Waals surface area contributed by atoms with Gasteiger partial charge in [0.25, 0.3) is 0 Å². The second-order valence-corrected chi connectivity index (χ2v) is 4.96. The number of aromatic hydroxyl groups is 1. The van der Waals surface area contributed by atoms with Crippen LogP contribution in [0.2, 0.25) is 0 Å². The zero-order valence-corrected chi connectivity index (χ0v) is 12.6. The van der Waals surface area contributed by atoms with Crippen LogP contribution in [0.5, 0.6) is 11.5 Å². The van der Waals surface area contributed by atoms with E-state index in [0.29, 0.717) is 0 Å². The van der Waals surface area contributed by atoms with Crippen molar-refractivity contribution in [2.45, 2.75) is 25.4 Å². The Balaban J connectivity index is 0.000000379. The predicted molar refractivity (Wildman–Crippen MR) is 80.7 cm³/mol. The standard InChI is InChI=1S/C13H19NO3.C2H2O4/c15-7-1-6-14-9-12-5-3-10-2-4-11(16)8-13(10)17-12;3-1(4)2(5)6/h2,4,8,12,14-16H,1,3,5-7,9H2;(H,3,4)(H,5,6). The van der Waals surface area contributed by atoms with Crippen LogP contribution in [0.4, 0.5) is 0 Å². The lowest BCUT2D eigenvalue weighted by molar-refractivity contribution is -0.159. The maximum atomic E-state index is 9.40. The lowest BCUT2D eigenvalue weighted by Crippen LogP contribution is -2.34. The molecular formula is C15H21NO7. The number of carbonyl (C=O) groups is 2. The lowest BCUT2D eigenvalue weighted by atomic mass is 10.0. The third-order valence-corrected chi connectivity index (χ3v) is 3.15.